The lowest BCUT2D eigenvalue weighted by Crippen LogP contribution is -2.35. The first kappa shape index (κ1) is 17.2. The molecule has 3 aromatic rings. The van der Waals surface area contributed by atoms with Crippen LogP contribution in [0.5, 0.6) is 5.75 Å². The number of hydrogen-bond acceptors (Lipinski definition) is 4. The molecule has 1 saturated carbocycles. The second-order valence-corrected chi connectivity index (χ2v) is 6.42. The third-order valence-electron chi connectivity index (χ3n) is 4.50. The summed E-state index contributed by atoms with van der Waals surface area (Å²) in [6.45, 7) is -0.248. The highest BCUT2D eigenvalue weighted by atomic mass is 19.1. The van der Waals surface area contributed by atoms with Crippen LogP contribution in [0.15, 0.2) is 59.1 Å². The minimum Gasteiger partial charge on any atom is -0.479 e. The monoisotopic (exact) mass is 370 g/mol. The van der Waals surface area contributed by atoms with Crippen molar-refractivity contribution in [1.82, 2.24) is 10.5 Å². The van der Waals surface area contributed by atoms with Crippen LogP contribution in [0.1, 0.15) is 34.7 Å². The molecule has 0 saturated heterocycles. The Balaban J connectivity index is 1.41. The fraction of sp³-hybridized carbons (Fsp3) is 0.200. The molecule has 1 heterocycles. The summed E-state index contributed by atoms with van der Waals surface area (Å²) in [6, 6.07) is 14.5. The van der Waals surface area contributed by atoms with Gasteiger partial charge in [-0.2, -0.15) is 0 Å². The van der Waals surface area contributed by atoms with Gasteiger partial charge in [-0.05, 0) is 30.5 Å². The van der Waals surface area contributed by atoms with Crippen LogP contribution in [-0.2, 0) is 12.1 Å². The maximum absolute atomic E-state index is 13.6. The average molecular weight is 370 g/mol. The van der Waals surface area contributed by atoms with E-state index in [4.69, 9.17) is 9.26 Å². The zero-order valence-electron chi connectivity index (χ0n) is 14.2. The molecule has 138 valence electrons. The summed E-state index contributed by atoms with van der Waals surface area (Å²) in [5.41, 5.74) is 0.759. The highest BCUT2D eigenvalue weighted by Gasteiger charge is 2.46. The van der Waals surface area contributed by atoms with E-state index >= 15 is 0 Å². The summed E-state index contributed by atoms with van der Waals surface area (Å²) in [6.07, 6.45) is 1.70. The first-order valence-electron chi connectivity index (χ1n) is 8.48. The van der Waals surface area contributed by atoms with Gasteiger partial charge in [0.05, 0.1) is 5.54 Å². The van der Waals surface area contributed by atoms with Gasteiger partial charge in [0.2, 0.25) is 0 Å². The second kappa shape index (κ2) is 6.83. The topological polar surface area (TPSA) is 64.4 Å². The molecule has 0 bridgehead atoms. The molecular weight excluding hydrogens is 354 g/mol. The summed E-state index contributed by atoms with van der Waals surface area (Å²) < 4.78 is 37.3. The van der Waals surface area contributed by atoms with Crippen molar-refractivity contribution in [1.29, 1.82) is 0 Å². The predicted octanol–water partition coefficient (Wildman–Crippen LogP) is 3.95. The number of ether oxygens (including phenoxy) is 1. The SMILES string of the molecule is O=C(NC1(c2ccccc2)CC1)c1cc(COc2c(F)cccc2F)on1. The number of carbonyl (C=O) groups excluding carboxylic acids is 1. The zero-order chi connectivity index (χ0) is 18.9. The number of para-hydroxylation sites is 1. The molecule has 1 N–H and O–H groups in total. The Morgan fingerprint density at radius 1 is 1.11 bits per heavy atom. The number of halogens is 2. The largest absolute Gasteiger partial charge is 0.479 e. The lowest BCUT2D eigenvalue weighted by molar-refractivity contribution is 0.0921. The van der Waals surface area contributed by atoms with Crippen molar-refractivity contribution in [3.05, 3.63) is 83.2 Å². The number of amides is 1. The van der Waals surface area contributed by atoms with Gasteiger partial charge in [-0.25, -0.2) is 8.78 Å². The van der Waals surface area contributed by atoms with Crippen molar-refractivity contribution in [3.8, 4) is 5.75 Å². The van der Waals surface area contributed by atoms with Crippen molar-refractivity contribution in [2.24, 2.45) is 0 Å². The van der Waals surface area contributed by atoms with E-state index in [-0.39, 0.29) is 29.5 Å². The predicted molar refractivity (Wildman–Crippen MR) is 92.0 cm³/mol. The van der Waals surface area contributed by atoms with Crippen LogP contribution in [0.25, 0.3) is 0 Å². The highest BCUT2D eigenvalue weighted by Crippen LogP contribution is 2.45. The molecule has 0 atom stereocenters. The molecular formula is C20H16F2N2O3. The number of hydrogen-bond donors (Lipinski definition) is 1. The molecule has 1 amide bonds. The molecule has 0 unspecified atom stereocenters. The lowest BCUT2D eigenvalue weighted by Gasteiger charge is -2.16. The Morgan fingerprint density at radius 2 is 1.81 bits per heavy atom. The number of nitrogens with zero attached hydrogens (tertiary/aromatic N) is 1. The Kier molecular flexibility index (Phi) is 4.35. The smallest absolute Gasteiger partial charge is 0.274 e. The number of rotatable bonds is 6. The third-order valence-corrected chi connectivity index (χ3v) is 4.50. The van der Waals surface area contributed by atoms with Crippen molar-refractivity contribution >= 4 is 5.91 Å². The summed E-state index contributed by atoms with van der Waals surface area (Å²) >= 11 is 0. The Morgan fingerprint density at radius 3 is 2.48 bits per heavy atom. The van der Waals surface area contributed by atoms with Gasteiger partial charge in [0, 0.05) is 6.07 Å². The van der Waals surface area contributed by atoms with Crippen LogP contribution in [0.3, 0.4) is 0 Å². The van der Waals surface area contributed by atoms with Gasteiger partial charge in [-0.15, -0.1) is 0 Å². The zero-order valence-corrected chi connectivity index (χ0v) is 14.2. The highest BCUT2D eigenvalue weighted by molar-refractivity contribution is 5.93. The molecule has 4 rings (SSSR count). The van der Waals surface area contributed by atoms with Crippen LogP contribution in [0.2, 0.25) is 0 Å². The van der Waals surface area contributed by atoms with E-state index in [0.29, 0.717) is 0 Å². The number of benzene rings is 2. The van der Waals surface area contributed by atoms with Gasteiger partial charge in [0.15, 0.2) is 28.8 Å². The van der Waals surface area contributed by atoms with Crippen molar-refractivity contribution < 1.29 is 22.8 Å². The maximum Gasteiger partial charge on any atom is 0.274 e. The van der Waals surface area contributed by atoms with Crippen LogP contribution in [0, 0.1) is 11.6 Å². The first-order valence-corrected chi connectivity index (χ1v) is 8.48. The third kappa shape index (κ3) is 3.53. The number of aromatic nitrogens is 1. The van der Waals surface area contributed by atoms with Crippen molar-refractivity contribution in [2.45, 2.75) is 25.0 Å². The normalized spacial score (nSPS) is 14.6. The van der Waals surface area contributed by atoms with E-state index in [1.54, 1.807) is 0 Å². The first-order chi connectivity index (χ1) is 13.1. The molecule has 27 heavy (non-hydrogen) atoms. The average Bonchev–Trinajstić information content (AvgIpc) is 3.29. The summed E-state index contributed by atoms with van der Waals surface area (Å²) in [4.78, 5) is 12.5. The van der Waals surface area contributed by atoms with Gasteiger partial charge < -0.3 is 14.6 Å². The molecule has 1 aliphatic carbocycles. The molecule has 2 aromatic carbocycles. The van der Waals surface area contributed by atoms with Gasteiger partial charge >= 0.3 is 0 Å². The van der Waals surface area contributed by atoms with Crippen molar-refractivity contribution in [3.63, 3.8) is 0 Å². The molecule has 0 spiro atoms. The van der Waals surface area contributed by atoms with Gasteiger partial charge in [0.25, 0.3) is 5.91 Å². The van der Waals surface area contributed by atoms with E-state index in [9.17, 15) is 13.6 Å². The lowest BCUT2D eigenvalue weighted by atomic mass is 10.0. The van der Waals surface area contributed by atoms with E-state index < -0.39 is 17.4 Å². The van der Waals surface area contributed by atoms with Gasteiger partial charge in [0.1, 0.15) is 6.61 Å². The number of carbonyl (C=O) groups is 1. The fourth-order valence-electron chi connectivity index (χ4n) is 2.90. The fourth-order valence-corrected chi connectivity index (χ4v) is 2.90. The molecule has 0 aliphatic heterocycles. The summed E-state index contributed by atoms with van der Waals surface area (Å²) in [7, 11) is 0. The summed E-state index contributed by atoms with van der Waals surface area (Å²) in [5, 5.41) is 6.71. The minimum atomic E-state index is -0.814. The van der Waals surface area contributed by atoms with Crippen LogP contribution >= 0.6 is 0 Å². The molecule has 1 aromatic heterocycles. The minimum absolute atomic E-state index is 0.0878. The number of nitrogens with one attached hydrogen (secondary N) is 1. The van der Waals surface area contributed by atoms with E-state index in [1.807, 2.05) is 30.3 Å². The Labute approximate surface area is 153 Å². The van der Waals surface area contributed by atoms with E-state index in [0.717, 1.165) is 30.5 Å². The standard InChI is InChI=1S/C20H16F2N2O3/c21-15-7-4-8-16(22)18(15)26-12-14-11-17(24-27-14)19(25)23-20(9-10-20)13-5-2-1-3-6-13/h1-8,11H,9-10,12H2,(H,23,25). The molecule has 5 nitrogen and oxygen atoms in total. The molecule has 1 fully saturated rings. The molecule has 1 aliphatic rings. The van der Waals surface area contributed by atoms with Gasteiger partial charge in [-0.1, -0.05) is 41.6 Å². The summed E-state index contributed by atoms with van der Waals surface area (Å²) in [5.74, 6) is -2.31. The van der Waals surface area contributed by atoms with Crippen molar-refractivity contribution in [2.75, 3.05) is 0 Å². The van der Waals surface area contributed by atoms with E-state index in [2.05, 4.69) is 10.5 Å². The maximum atomic E-state index is 13.6. The second-order valence-electron chi connectivity index (χ2n) is 6.42. The van der Waals surface area contributed by atoms with Gasteiger partial charge in [-0.3, -0.25) is 4.79 Å². The Bertz CT molecular complexity index is 948. The van der Waals surface area contributed by atoms with Crippen LogP contribution < -0.4 is 10.1 Å². The van der Waals surface area contributed by atoms with Crippen LogP contribution in [-0.4, -0.2) is 11.1 Å². The quantitative estimate of drug-likeness (QED) is 0.714. The molecule has 0 radical (unpaired) electrons. The Hall–Kier alpha value is -3.22. The molecule has 7 heteroatoms. The van der Waals surface area contributed by atoms with Crippen LogP contribution in [0.4, 0.5) is 8.78 Å². The van der Waals surface area contributed by atoms with E-state index in [1.165, 1.54) is 12.1 Å².